The third kappa shape index (κ3) is 4.64. The summed E-state index contributed by atoms with van der Waals surface area (Å²) in [7, 11) is 0. The molecule has 0 aromatic heterocycles. The van der Waals surface area contributed by atoms with E-state index in [9.17, 15) is 4.79 Å². The number of Topliss-reactive ketones (excluding diaryl/α,β-unsaturated/α-hetero) is 1. The number of carbonyl (C=O) groups excluding carboxylic acids is 1. The molecule has 0 saturated carbocycles. The van der Waals surface area contributed by atoms with E-state index in [1.165, 1.54) is 32.4 Å². The molecule has 1 fully saturated rings. The SMILES string of the molecule is CC(C)Oc1ccc(C(=O)CC[NH+]2CCCCC2)cc1. The molecule has 1 N–H and O–H groups in total. The van der Waals surface area contributed by atoms with Crippen LogP contribution in [0.15, 0.2) is 24.3 Å². The maximum atomic E-state index is 12.2. The van der Waals surface area contributed by atoms with Gasteiger partial charge in [0.15, 0.2) is 5.78 Å². The van der Waals surface area contributed by atoms with Gasteiger partial charge in [-0.3, -0.25) is 4.79 Å². The molecule has 20 heavy (non-hydrogen) atoms. The van der Waals surface area contributed by atoms with Crippen molar-refractivity contribution in [3.8, 4) is 5.75 Å². The lowest BCUT2D eigenvalue weighted by Gasteiger charge is -2.23. The molecule has 0 atom stereocenters. The van der Waals surface area contributed by atoms with Crippen LogP contribution >= 0.6 is 0 Å². The normalized spacial score (nSPS) is 16.4. The molecule has 0 unspecified atom stereocenters. The topological polar surface area (TPSA) is 30.7 Å². The van der Waals surface area contributed by atoms with Gasteiger partial charge in [-0.05, 0) is 57.4 Å². The Kier molecular flexibility index (Phi) is 5.60. The van der Waals surface area contributed by atoms with Gasteiger partial charge in [0.05, 0.1) is 32.2 Å². The minimum Gasteiger partial charge on any atom is -0.491 e. The van der Waals surface area contributed by atoms with Crippen molar-refractivity contribution in [1.82, 2.24) is 0 Å². The van der Waals surface area contributed by atoms with E-state index in [4.69, 9.17) is 4.74 Å². The fourth-order valence-electron chi connectivity index (χ4n) is 2.73. The number of carbonyl (C=O) groups is 1. The maximum absolute atomic E-state index is 12.2. The quantitative estimate of drug-likeness (QED) is 0.807. The van der Waals surface area contributed by atoms with Crippen LogP contribution in [-0.2, 0) is 0 Å². The number of nitrogens with one attached hydrogen (secondary N) is 1. The van der Waals surface area contributed by atoms with Gasteiger partial charge in [-0.1, -0.05) is 0 Å². The number of ether oxygens (including phenoxy) is 1. The van der Waals surface area contributed by atoms with Crippen molar-refractivity contribution in [2.24, 2.45) is 0 Å². The Labute approximate surface area is 121 Å². The summed E-state index contributed by atoms with van der Waals surface area (Å²) in [5.74, 6) is 1.08. The van der Waals surface area contributed by atoms with E-state index in [2.05, 4.69) is 0 Å². The number of quaternary nitrogens is 1. The summed E-state index contributed by atoms with van der Waals surface area (Å²) in [4.78, 5) is 13.8. The van der Waals surface area contributed by atoms with Crippen molar-refractivity contribution in [1.29, 1.82) is 0 Å². The first kappa shape index (κ1) is 15.0. The zero-order valence-electron chi connectivity index (χ0n) is 12.7. The van der Waals surface area contributed by atoms with E-state index in [1.54, 1.807) is 4.90 Å². The Morgan fingerprint density at radius 2 is 1.80 bits per heavy atom. The van der Waals surface area contributed by atoms with Crippen LogP contribution in [0.3, 0.4) is 0 Å². The van der Waals surface area contributed by atoms with E-state index >= 15 is 0 Å². The van der Waals surface area contributed by atoms with Gasteiger partial charge in [0.2, 0.25) is 0 Å². The molecule has 0 amide bonds. The monoisotopic (exact) mass is 276 g/mol. The van der Waals surface area contributed by atoms with Crippen molar-refractivity contribution in [2.75, 3.05) is 19.6 Å². The molecular weight excluding hydrogens is 250 g/mol. The van der Waals surface area contributed by atoms with Crippen LogP contribution in [-0.4, -0.2) is 31.5 Å². The van der Waals surface area contributed by atoms with Crippen LogP contribution in [0.5, 0.6) is 5.75 Å². The van der Waals surface area contributed by atoms with E-state index in [0.717, 1.165) is 17.9 Å². The summed E-state index contributed by atoms with van der Waals surface area (Å²) in [6, 6.07) is 7.54. The molecule has 1 aliphatic rings. The first-order chi connectivity index (χ1) is 9.65. The van der Waals surface area contributed by atoms with E-state index in [-0.39, 0.29) is 11.9 Å². The zero-order valence-corrected chi connectivity index (χ0v) is 12.7. The van der Waals surface area contributed by atoms with Gasteiger partial charge in [-0.2, -0.15) is 0 Å². The first-order valence-corrected chi connectivity index (χ1v) is 7.78. The Morgan fingerprint density at radius 1 is 1.15 bits per heavy atom. The standard InChI is InChI=1S/C17H25NO2/c1-14(2)20-16-8-6-15(7-9-16)17(19)10-13-18-11-4-3-5-12-18/h6-9,14H,3-5,10-13H2,1-2H3/p+1. The molecule has 1 heterocycles. The minimum absolute atomic E-state index is 0.166. The van der Waals surface area contributed by atoms with E-state index in [1.807, 2.05) is 38.1 Å². The molecule has 1 aromatic rings. The Morgan fingerprint density at radius 3 is 2.40 bits per heavy atom. The van der Waals surface area contributed by atoms with Gasteiger partial charge in [0.1, 0.15) is 5.75 Å². The number of rotatable bonds is 6. The summed E-state index contributed by atoms with van der Waals surface area (Å²) in [6.07, 6.45) is 4.79. The fraction of sp³-hybridized carbons (Fsp3) is 0.588. The molecule has 3 nitrogen and oxygen atoms in total. The van der Waals surface area contributed by atoms with Gasteiger partial charge in [0.25, 0.3) is 0 Å². The number of hydrogen-bond donors (Lipinski definition) is 1. The van der Waals surface area contributed by atoms with Gasteiger partial charge in [-0.25, -0.2) is 0 Å². The van der Waals surface area contributed by atoms with Crippen LogP contribution in [0.2, 0.25) is 0 Å². The molecule has 0 radical (unpaired) electrons. The van der Waals surface area contributed by atoms with Crippen LogP contribution in [0.25, 0.3) is 0 Å². The third-order valence-electron chi connectivity index (χ3n) is 3.81. The lowest BCUT2D eigenvalue weighted by molar-refractivity contribution is -0.904. The smallest absolute Gasteiger partial charge is 0.168 e. The van der Waals surface area contributed by atoms with Crippen molar-refractivity contribution < 1.29 is 14.4 Å². The highest BCUT2D eigenvalue weighted by atomic mass is 16.5. The second-order valence-electron chi connectivity index (χ2n) is 5.92. The molecule has 0 aliphatic carbocycles. The summed E-state index contributed by atoms with van der Waals surface area (Å²) in [5, 5.41) is 0. The summed E-state index contributed by atoms with van der Waals surface area (Å²) in [6.45, 7) is 7.44. The summed E-state index contributed by atoms with van der Waals surface area (Å²) < 4.78 is 5.59. The Balaban J connectivity index is 1.82. The van der Waals surface area contributed by atoms with Crippen LogP contribution < -0.4 is 9.64 Å². The van der Waals surface area contributed by atoms with E-state index < -0.39 is 0 Å². The zero-order chi connectivity index (χ0) is 14.4. The van der Waals surface area contributed by atoms with Crippen molar-refractivity contribution >= 4 is 5.78 Å². The molecule has 0 bridgehead atoms. The average Bonchev–Trinajstić information content (AvgIpc) is 2.46. The largest absolute Gasteiger partial charge is 0.491 e. The molecular formula is C17H26NO2+. The second-order valence-corrected chi connectivity index (χ2v) is 5.92. The van der Waals surface area contributed by atoms with Crippen molar-refractivity contribution in [3.05, 3.63) is 29.8 Å². The number of benzene rings is 1. The van der Waals surface area contributed by atoms with Gasteiger partial charge >= 0.3 is 0 Å². The van der Waals surface area contributed by atoms with Crippen molar-refractivity contribution in [2.45, 2.75) is 45.6 Å². The first-order valence-electron chi connectivity index (χ1n) is 7.78. The number of ketones is 1. The Hall–Kier alpha value is -1.35. The van der Waals surface area contributed by atoms with Gasteiger partial charge in [0, 0.05) is 5.56 Å². The van der Waals surface area contributed by atoms with Gasteiger partial charge < -0.3 is 9.64 Å². The fourth-order valence-corrected chi connectivity index (χ4v) is 2.73. The summed E-state index contributed by atoms with van der Waals surface area (Å²) in [5.41, 5.74) is 0.803. The van der Waals surface area contributed by atoms with Gasteiger partial charge in [-0.15, -0.1) is 0 Å². The van der Waals surface area contributed by atoms with Crippen LogP contribution in [0.1, 0.15) is 49.9 Å². The highest BCUT2D eigenvalue weighted by Crippen LogP contribution is 2.14. The highest BCUT2D eigenvalue weighted by molar-refractivity contribution is 5.96. The third-order valence-corrected chi connectivity index (χ3v) is 3.81. The lowest BCUT2D eigenvalue weighted by Crippen LogP contribution is -3.12. The van der Waals surface area contributed by atoms with Crippen LogP contribution in [0, 0.1) is 0 Å². The average molecular weight is 276 g/mol. The molecule has 110 valence electrons. The van der Waals surface area contributed by atoms with E-state index in [0.29, 0.717) is 6.42 Å². The van der Waals surface area contributed by atoms with Crippen LogP contribution in [0.4, 0.5) is 0 Å². The number of piperidine rings is 1. The number of hydrogen-bond acceptors (Lipinski definition) is 2. The molecule has 1 aromatic carbocycles. The molecule has 1 saturated heterocycles. The molecule has 3 heteroatoms. The maximum Gasteiger partial charge on any atom is 0.168 e. The number of likely N-dealkylation sites (tertiary alicyclic amines) is 1. The lowest BCUT2D eigenvalue weighted by atomic mass is 10.1. The van der Waals surface area contributed by atoms with Crippen molar-refractivity contribution in [3.63, 3.8) is 0 Å². The minimum atomic E-state index is 0.166. The molecule has 0 spiro atoms. The molecule has 2 rings (SSSR count). The predicted octanol–water partition coefficient (Wildman–Crippen LogP) is 2.12. The highest BCUT2D eigenvalue weighted by Gasteiger charge is 2.15. The summed E-state index contributed by atoms with van der Waals surface area (Å²) >= 11 is 0. The molecule has 1 aliphatic heterocycles. The second kappa shape index (κ2) is 7.44. The Bertz CT molecular complexity index is 419. The predicted molar refractivity (Wildman–Crippen MR) is 80.6 cm³/mol.